The van der Waals surface area contributed by atoms with Crippen LogP contribution in [0.4, 0.5) is 0 Å². The van der Waals surface area contributed by atoms with Crippen LogP contribution in [0, 0.1) is 0 Å². The molecule has 4 N–H and O–H groups in total. The van der Waals surface area contributed by atoms with E-state index in [1.807, 2.05) is 0 Å². The molecule has 2 aromatic rings. The Morgan fingerprint density at radius 1 is 0.750 bits per heavy atom. The topological polar surface area (TPSA) is 149 Å². The molecule has 2 aromatic carbocycles. The second-order valence-corrected chi connectivity index (χ2v) is 4.67. The quantitative estimate of drug-likeness (QED) is 0.651. The van der Waals surface area contributed by atoms with E-state index in [2.05, 4.69) is 5.11 Å². The lowest BCUT2D eigenvalue weighted by Gasteiger charge is -2.15. The van der Waals surface area contributed by atoms with Crippen molar-refractivity contribution in [3.05, 3.63) is 58.7 Å². The first-order chi connectivity index (χ1) is 11.8. The lowest BCUT2D eigenvalue weighted by Crippen LogP contribution is -2.19. The number of rotatable bonds is 5. The number of aromatic carboxylic acids is 4. The average molecular weight is 331 g/mol. The van der Waals surface area contributed by atoms with E-state index in [-0.39, 0.29) is 11.1 Å². The van der Waals surface area contributed by atoms with Gasteiger partial charge in [0, 0.05) is 5.56 Å². The molecule has 0 heterocycles. The number of carboxylic acids is 4. The lowest BCUT2D eigenvalue weighted by molar-refractivity contribution is 0.0632. The standard InChI is InChI=1S/C16H10O8/c17-13(18)8-6-9(14(19)20)11(15(21)22)12(16(23)24)10(8)7-4-2-1-3-5-7/h1-6H,(H,17,18)(H,19,20)(H,21,22)(H,23,24)/i/hD. The molecule has 0 aliphatic rings. The van der Waals surface area contributed by atoms with Crippen molar-refractivity contribution in [3.8, 4) is 11.1 Å². The van der Waals surface area contributed by atoms with Crippen molar-refractivity contribution in [1.29, 1.82) is 1.43 Å². The minimum Gasteiger partial charge on any atom is -0.478 e. The van der Waals surface area contributed by atoms with Crippen LogP contribution in [-0.2, 0) is 0 Å². The van der Waals surface area contributed by atoms with E-state index >= 15 is 0 Å². The summed E-state index contributed by atoms with van der Waals surface area (Å²) in [5.74, 6) is -6.57. The predicted molar refractivity (Wildman–Crippen MR) is 79.7 cm³/mol. The highest BCUT2D eigenvalue weighted by molar-refractivity contribution is 6.16. The summed E-state index contributed by atoms with van der Waals surface area (Å²) in [5.41, 5.74) is -3.47. The summed E-state index contributed by atoms with van der Waals surface area (Å²) in [6, 6.07) is 8.15. The molecular formula is C16H10O8. The molecule has 24 heavy (non-hydrogen) atoms. The van der Waals surface area contributed by atoms with E-state index in [1.165, 1.54) is 24.3 Å². The molecule has 0 bridgehead atoms. The highest BCUT2D eigenvalue weighted by atomic mass is 16.4. The van der Waals surface area contributed by atoms with Gasteiger partial charge in [0.05, 0.1) is 22.3 Å². The van der Waals surface area contributed by atoms with Gasteiger partial charge in [0.1, 0.15) is 0 Å². The highest BCUT2D eigenvalue weighted by Crippen LogP contribution is 2.33. The van der Waals surface area contributed by atoms with Crippen LogP contribution in [-0.4, -0.2) is 44.3 Å². The van der Waals surface area contributed by atoms with Crippen molar-refractivity contribution in [2.45, 2.75) is 0 Å². The summed E-state index contributed by atoms with van der Waals surface area (Å²) in [6.07, 6.45) is 0. The second-order valence-electron chi connectivity index (χ2n) is 4.67. The van der Waals surface area contributed by atoms with Crippen LogP contribution >= 0.6 is 0 Å². The average Bonchev–Trinajstić information content (AvgIpc) is 2.59. The van der Waals surface area contributed by atoms with Crippen LogP contribution in [0.25, 0.3) is 12.6 Å². The Hall–Kier alpha value is -3.68. The Bertz CT molecular complexity index is 889. The zero-order chi connectivity index (χ0) is 18.7. The monoisotopic (exact) mass is 331 g/mol. The van der Waals surface area contributed by atoms with Crippen molar-refractivity contribution in [1.82, 2.24) is 0 Å². The fourth-order valence-corrected chi connectivity index (χ4v) is 2.35. The van der Waals surface area contributed by atoms with E-state index in [0.29, 0.717) is 6.07 Å². The third-order valence-electron chi connectivity index (χ3n) is 3.27. The van der Waals surface area contributed by atoms with Gasteiger partial charge in [-0.05, 0) is 11.6 Å². The van der Waals surface area contributed by atoms with Gasteiger partial charge < -0.3 is 20.4 Å². The molecule has 8 heteroatoms. The molecule has 0 aliphatic heterocycles. The molecule has 122 valence electrons. The molecule has 0 atom stereocenters. The van der Waals surface area contributed by atoms with Crippen LogP contribution in [0.1, 0.15) is 41.4 Å². The molecule has 0 saturated heterocycles. The van der Waals surface area contributed by atoms with E-state index in [4.69, 9.17) is 1.43 Å². The van der Waals surface area contributed by atoms with Crippen LogP contribution in [0.2, 0.25) is 0 Å². The van der Waals surface area contributed by atoms with E-state index in [0.717, 1.165) is 0 Å². The first kappa shape index (κ1) is 15.2. The van der Waals surface area contributed by atoms with Crippen molar-refractivity contribution >= 4 is 23.9 Å². The maximum absolute atomic E-state index is 11.9. The van der Waals surface area contributed by atoms with Crippen LogP contribution in [0.15, 0.2) is 36.4 Å². The lowest BCUT2D eigenvalue weighted by atomic mass is 9.87. The molecule has 0 spiro atoms. The Morgan fingerprint density at radius 3 is 1.79 bits per heavy atom. The van der Waals surface area contributed by atoms with Crippen molar-refractivity contribution < 1.29 is 39.6 Å². The molecule has 0 radical (unpaired) electrons. The summed E-state index contributed by atoms with van der Waals surface area (Å²) >= 11 is 0. The second kappa shape index (κ2) is 6.21. The molecule has 0 unspecified atom stereocenters. The SMILES string of the molecule is [2H]OC(=O)c1cc(C(=O)O)c(C(=O)O)c(C(=O)O)c1-c1ccccc1. The summed E-state index contributed by atoms with van der Waals surface area (Å²) in [6.45, 7) is 0. The molecular weight excluding hydrogens is 320 g/mol. The fraction of sp³-hybridized carbons (Fsp3) is 0. The van der Waals surface area contributed by atoms with Gasteiger partial charge in [0.15, 0.2) is 0 Å². The first-order valence-electron chi connectivity index (χ1n) is 6.84. The number of hydrogen-bond donors (Lipinski definition) is 4. The Labute approximate surface area is 135 Å². The fourth-order valence-electron chi connectivity index (χ4n) is 2.35. The van der Waals surface area contributed by atoms with E-state index < -0.39 is 46.1 Å². The Balaban J connectivity index is 3.08. The van der Waals surface area contributed by atoms with Gasteiger partial charge in [-0.15, -0.1) is 0 Å². The number of carboxylic acid groups (broad SMARTS) is 4. The molecule has 0 amide bonds. The minimum atomic E-state index is -1.78. The van der Waals surface area contributed by atoms with Gasteiger partial charge >= 0.3 is 23.9 Å². The molecule has 0 saturated carbocycles. The number of carbonyl (C=O) groups is 4. The zero-order valence-corrected chi connectivity index (χ0v) is 11.8. The third-order valence-corrected chi connectivity index (χ3v) is 3.27. The number of hydrogen-bond acceptors (Lipinski definition) is 5. The van der Waals surface area contributed by atoms with Gasteiger partial charge in [0.2, 0.25) is 0 Å². The van der Waals surface area contributed by atoms with Gasteiger partial charge in [-0.3, -0.25) is 0 Å². The van der Waals surface area contributed by atoms with Crippen molar-refractivity contribution in [2.75, 3.05) is 0 Å². The summed E-state index contributed by atoms with van der Waals surface area (Å²) < 4.78 is 6.74. The summed E-state index contributed by atoms with van der Waals surface area (Å²) in [7, 11) is 0. The maximum atomic E-state index is 11.9. The minimum absolute atomic E-state index is 0.153. The number of benzene rings is 2. The van der Waals surface area contributed by atoms with Crippen LogP contribution in [0.3, 0.4) is 0 Å². The summed E-state index contributed by atoms with van der Waals surface area (Å²) in [4.78, 5) is 46.5. The Kier molecular flexibility index (Phi) is 3.94. The van der Waals surface area contributed by atoms with Crippen molar-refractivity contribution in [3.63, 3.8) is 0 Å². The predicted octanol–water partition coefficient (Wildman–Crippen LogP) is 2.15. The first-order valence-corrected chi connectivity index (χ1v) is 6.43. The molecule has 0 aliphatic carbocycles. The van der Waals surface area contributed by atoms with Gasteiger partial charge in [0.25, 0.3) is 1.43 Å². The largest absolute Gasteiger partial charge is 0.478 e. The normalized spacial score (nSPS) is 10.6. The molecule has 2 rings (SSSR count). The smallest absolute Gasteiger partial charge is 0.337 e. The van der Waals surface area contributed by atoms with E-state index in [9.17, 15) is 34.5 Å². The van der Waals surface area contributed by atoms with Crippen LogP contribution in [0.5, 0.6) is 0 Å². The maximum Gasteiger partial charge on any atom is 0.337 e. The van der Waals surface area contributed by atoms with Gasteiger partial charge in [-0.25, -0.2) is 19.2 Å². The zero-order valence-electron chi connectivity index (χ0n) is 12.8. The third kappa shape index (κ3) is 2.80. The molecule has 0 aromatic heterocycles. The highest BCUT2D eigenvalue weighted by Gasteiger charge is 2.31. The molecule has 0 fully saturated rings. The van der Waals surface area contributed by atoms with Crippen LogP contribution < -0.4 is 0 Å². The van der Waals surface area contributed by atoms with Gasteiger partial charge in [-0.2, -0.15) is 0 Å². The van der Waals surface area contributed by atoms with Gasteiger partial charge in [-0.1, -0.05) is 30.3 Å². The molecule has 8 nitrogen and oxygen atoms in total. The van der Waals surface area contributed by atoms with E-state index in [1.54, 1.807) is 6.07 Å². The summed E-state index contributed by atoms with van der Waals surface area (Å²) in [5, 5.41) is 31.9. The van der Waals surface area contributed by atoms with Crippen molar-refractivity contribution in [2.24, 2.45) is 0 Å². The Morgan fingerprint density at radius 2 is 1.33 bits per heavy atom.